The topological polar surface area (TPSA) is 112 Å². The number of benzene rings is 1. The second-order valence-corrected chi connectivity index (χ2v) is 10.1. The van der Waals surface area contributed by atoms with Crippen molar-refractivity contribution in [1.82, 2.24) is 44.5 Å². The summed E-state index contributed by atoms with van der Waals surface area (Å²) < 4.78 is 5.45. The van der Waals surface area contributed by atoms with Crippen molar-refractivity contribution in [2.75, 3.05) is 0 Å². The molecule has 0 aliphatic heterocycles. The molecule has 0 amide bonds. The van der Waals surface area contributed by atoms with Crippen LogP contribution in [0.4, 0.5) is 0 Å². The molecule has 0 fully saturated rings. The highest BCUT2D eigenvalue weighted by Crippen LogP contribution is 2.28. The Kier molecular flexibility index (Phi) is 6.56. The number of tetrazole rings is 1. The van der Waals surface area contributed by atoms with Crippen LogP contribution in [-0.4, -0.2) is 44.5 Å². The molecule has 0 bridgehead atoms. The molecule has 0 saturated heterocycles. The fourth-order valence-corrected chi connectivity index (χ4v) is 4.46. The molecule has 0 aliphatic carbocycles. The standard InChI is InChI=1S/C27H31N9O/c1-5-6-9-20-18-35(24-14-15-29-36(24)27(2,3)4)26(37)34(20)17-19-12-13-23(28-16-19)21-10-7-8-11-22(21)25-30-32-33-31-25/h7-8,10-16,18H,5-6,9,17H2,1-4H3,(H,30,31,32,33). The highest BCUT2D eigenvalue weighted by atomic mass is 16.1. The van der Waals surface area contributed by atoms with Crippen molar-refractivity contribution in [3.05, 3.63) is 82.8 Å². The van der Waals surface area contributed by atoms with Crippen LogP contribution in [0.5, 0.6) is 0 Å². The van der Waals surface area contributed by atoms with Crippen molar-refractivity contribution in [2.45, 2.75) is 59.0 Å². The second kappa shape index (κ2) is 9.96. The van der Waals surface area contributed by atoms with Crippen LogP contribution in [-0.2, 0) is 18.5 Å². The van der Waals surface area contributed by atoms with Gasteiger partial charge in [-0.15, -0.1) is 5.10 Å². The van der Waals surface area contributed by atoms with E-state index in [4.69, 9.17) is 4.98 Å². The molecule has 1 N–H and O–H groups in total. The zero-order valence-electron chi connectivity index (χ0n) is 21.6. The van der Waals surface area contributed by atoms with Crippen LogP contribution in [0, 0.1) is 0 Å². The number of pyridine rings is 1. The summed E-state index contributed by atoms with van der Waals surface area (Å²) in [6.45, 7) is 8.83. The van der Waals surface area contributed by atoms with E-state index in [1.807, 2.05) is 64.1 Å². The first-order valence-corrected chi connectivity index (χ1v) is 12.5. The molecule has 0 unspecified atom stereocenters. The Balaban J connectivity index is 1.48. The number of hydrogen-bond donors (Lipinski definition) is 1. The first-order chi connectivity index (χ1) is 17.9. The van der Waals surface area contributed by atoms with Gasteiger partial charge < -0.3 is 0 Å². The lowest BCUT2D eigenvalue weighted by molar-refractivity contribution is 0.351. The maximum atomic E-state index is 13.6. The highest BCUT2D eigenvalue weighted by molar-refractivity contribution is 5.78. The van der Waals surface area contributed by atoms with Crippen molar-refractivity contribution in [3.63, 3.8) is 0 Å². The number of aromatic amines is 1. The Hall–Kier alpha value is -4.34. The molecule has 4 aromatic heterocycles. The SMILES string of the molecule is CCCCc1cn(-c2ccnn2C(C)(C)C)c(=O)n1Cc1ccc(-c2ccccc2-c2nnn[nH]2)nc1. The van der Waals surface area contributed by atoms with Crippen LogP contribution in [0.3, 0.4) is 0 Å². The number of rotatable bonds is 8. The van der Waals surface area contributed by atoms with Gasteiger partial charge in [-0.2, -0.15) is 5.10 Å². The van der Waals surface area contributed by atoms with Gasteiger partial charge in [-0.1, -0.05) is 43.7 Å². The van der Waals surface area contributed by atoms with E-state index in [1.165, 1.54) is 0 Å². The predicted molar refractivity (Wildman–Crippen MR) is 141 cm³/mol. The summed E-state index contributed by atoms with van der Waals surface area (Å²) in [5.41, 5.74) is 4.23. The van der Waals surface area contributed by atoms with Crippen molar-refractivity contribution < 1.29 is 0 Å². The summed E-state index contributed by atoms with van der Waals surface area (Å²) in [6, 6.07) is 13.7. The highest BCUT2D eigenvalue weighted by Gasteiger charge is 2.21. The summed E-state index contributed by atoms with van der Waals surface area (Å²) >= 11 is 0. The predicted octanol–water partition coefficient (Wildman–Crippen LogP) is 4.22. The average molecular weight is 498 g/mol. The molecule has 0 saturated carbocycles. The van der Waals surface area contributed by atoms with E-state index in [0.717, 1.165) is 53.2 Å². The van der Waals surface area contributed by atoms with Crippen LogP contribution in [0.2, 0.25) is 0 Å². The third kappa shape index (κ3) is 4.87. The Labute approximate surface area is 215 Å². The lowest BCUT2D eigenvalue weighted by Crippen LogP contribution is -2.30. The Morgan fingerprint density at radius 3 is 2.51 bits per heavy atom. The van der Waals surface area contributed by atoms with Crippen LogP contribution < -0.4 is 5.69 Å². The largest absolute Gasteiger partial charge is 0.334 e. The summed E-state index contributed by atoms with van der Waals surface area (Å²) in [4.78, 5) is 18.4. The monoisotopic (exact) mass is 497 g/mol. The van der Waals surface area contributed by atoms with E-state index in [0.29, 0.717) is 12.4 Å². The molecule has 10 heteroatoms. The number of nitrogens with zero attached hydrogens (tertiary/aromatic N) is 8. The molecule has 0 spiro atoms. The minimum atomic E-state index is -0.248. The van der Waals surface area contributed by atoms with Crippen LogP contribution in [0.15, 0.2) is 65.8 Å². The number of aromatic nitrogens is 9. The molecular weight excluding hydrogens is 466 g/mol. The lowest BCUT2D eigenvalue weighted by Gasteiger charge is -2.22. The molecular formula is C27H31N9O. The van der Waals surface area contributed by atoms with E-state index in [9.17, 15) is 4.79 Å². The van der Waals surface area contributed by atoms with Gasteiger partial charge in [0, 0.05) is 35.3 Å². The van der Waals surface area contributed by atoms with Crippen LogP contribution in [0.25, 0.3) is 28.5 Å². The maximum Gasteiger partial charge on any atom is 0.334 e. The fraction of sp³-hybridized carbons (Fsp3) is 0.333. The summed E-state index contributed by atoms with van der Waals surface area (Å²) in [7, 11) is 0. The van der Waals surface area contributed by atoms with Crippen molar-refractivity contribution in [1.29, 1.82) is 0 Å². The normalized spacial score (nSPS) is 11.8. The number of unbranched alkanes of at least 4 members (excludes halogenated alkanes) is 1. The van der Waals surface area contributed by atoms with Gasteiger partial charge in [-0.3, -0.25) is 14.1 Å². The third-order valence-corrected chi connectivity index (χ3v) is 6.32. The minimum absolute atomic E-state index is 0.0793. The summed E-state index contributed by atoms with van der Waals surface area (Å²) in [6.07, 6.45) is 8.41. The Morgan fingerprint density at radius 2 is 1.84 bits per heavy atom. The smallest absolute Gasteiger partial charge is 0.292 e. The zero-order valence-corrected chi connectivity index (χ0v) is 21.6. The molecule has 0 radical (unpaired) electrons. The second-order valence-electron chi connectivity index (χ2n) is 10.1. The number of imidazole rings is 1. The summed E-state index contributed by atoms with van der Waals surface area (Å²) in [5.74, 6) is 1.35. The molecule has 190 valence electrons. The molecule has 1 aromatic carbocycles. The Morgan fingerprint density at radius 1 is 1.03 bits per heavy atom. The van der Waals surface area contributed by atoms with Crippen molar-refractivity contribution in [3.8, 4) is 28.5 Å². The van der Waals surface area contributed by atoms with Crippen LogP contribution >= 0.6 is 0 Å². The van der Waals surface area contributed by atoms with E-state index < -0.39 is 0 Å². The van der Waals surface area contributed by atoms with Gasteiger partial charge in [0.25, 0.3) is 0 Å². The van der Waals surface area contributed by atoms with Crippen LogP contribution in [0.1, 0.15) is 51.8 Å². The molecule has 4 heterocycles. The zero-order chi connectivity index (χ0) is 26.0. The van der Waals surface area contributed by atoms with Gasteiger partial charge in [-0.25, -0.2) is 14.6 Å². The van der Waals surface area contributed by atoms with Gasteiger partial charge in [0.2, 0.25) is 0 Å². The molecule has 10 nitrogen and oxygen atoms in total. The van der Waals surface area contributed by atoms with E-state index in [1.54, 1.807) is 10.8 Å². The van der Waals surface area contributed by atoms with Gasteiger partial charge in [0.15, 0.2) is 5.82 Å². The lowest BCUT2D eigenvalue weighted by atomic mass is 10.0. The number of hydrogen-bond acceptors (Lipinski definition) is 6. The van der Waals surface area contributed by atoms with Gasteiger partial charge in [0.05, 0.1) is 24.0 Å². The van der Waals surface area contributed by atoms with E-state index >= 15 is 0 Å². The molecule has 0 atom stereocenters. The van der Waals surface area contributed by atoms with E-state index in [2.05, 4.69) is 53.4 Å². The van der Waals surface area contributed by atoms with Crippen molar-refractivity contribution >= 4 is 0 Å². The molecule has 5 rings (SSSR count). The fourth-order valence-electron chi connectivity index (χ4n) is 4.46. The Bertz CT molecular complexity index is 1530. The summed E-state index contributed by atoms with van der Waals surface area (Å²) in [5, 5.41) is 18.7. The average Bonchev–Trinajstić information content (AvgIpc) is 3.65. The van der Waals surface area contributed by atoms with Crippen molar-refractivity contribution in [2.24, 2.45) is 0 Å². The molecule has 37 heavy (non-hydrogen) atoms. The number of aryl methyl sites for hydroxylation is 1. The van der Waals surface area contributed by atoms with E-state index in [-0.39, 0.29) is 11.2 Å². The molecule has 5 aromatic rings. The minimum Gasteiger partial charge on any atom is -0.292 e. The molecule has 0 aliphatic rings. The first-order valence-electron chi connectivity index (χ1n) is 12.5. The number of H-pyrrole nitrogens is 1. The van der Waals surface area contributed by atoms with Gasteiger partial charge in [0.1, 0.15) is 5.82 Å². The third-order valence-electron chi connectivity index (χ3n) is 6.32. The van der Waals surface area contributed by atoms with Gasteiger partial charge in [-0.05, 0) is 55.7 Å². The first kappa shape index (κ1) is 24.4. The quantitative estimate of drug-likeness (QED) is 0.343. The van der Waals surface area contributed by atoms with Gasteiger partial charge >= 0.3 is 5.69 Å². The number of nitrogens with one attached hydrogen (secondary N) is 1. The maximum absolute atomic E-state index is 13.6.